The predicted octanol–water partition coefficient (Wildman–Crippen LogP) is 6.89. The fourth-order valence-electron chi connectivity index (χ4n) is 4.43. The van der Waals surface area contributed by atoms with Gasteiger partial charge in [-0.2, -0.15) is 0 Å². The molecule has 0 aromatic heterocycles. The Balaban J connectivity index is 1.68. The van der Waals surface area contributed by atoms with Crippen molar-refractivity contribution in [1.29, 1.82) is 0 Å². The van der Waals surface area contributed by atoms with E-state index in [1.54, 1.807) is 0 Å². The number of fused-ring (bicyclic) bond motifs is 2. The Kier molecular flexibility index (Phi) is 3.99. The van der Waals surface area contributed by atoms with Gasteiger partial charge in [0.25, 0.3) is 0 Å². The summed E-state index contributed by atoms with van der Waals surface area (Å²) in [6.45, 7) is 4.45. The highest BCUT2D eigenvalue weighted by Crippen LogP contribution is 2.43. The summed E-state index contributed by atoms with van der Waals surface area (Å²) in [7, 11) is 0. The first-order valence-corrected chi connectivity index (χ1v) is 10.0. The lowest BCUT2D eigenvalue weighted by molar-refractivity contribution is 0.103. The summed E-state index contributed by atoms with van der Waals surface area (Å²) < 4.78 is 0. The van der Waals surface area contributed by atoms with Gasteiger partial charge in [0, 0.05) is 16.5 Å². The van der Waals surface area contributed by atoms with E-state index in [9.17, 15) is 4.79 Å². The summed E-state index contributed by atoms with van der Waals surface area (Å²) in [4.78, 5) is 13.3. The normalized spacial score (nSPS) is 14.2. The largest absolute Gasteiger partial charge is 0.289 e. The van der Waals surface area contributed by atoms with Crippen LogP contribution < -0.4 is 0 Å². The zero-order valence-electron chi connectivity index (χ0n) is 16.6. The zero-order chi connectivity index (χ0) is 20.0. The molecule has 0 amide bonds. The molecule has 1 aliphatic carbocycles. The molecular formula is C28H22O. The zero-order valence-corrected chi connectivity index (χ0v) is 16.6. The second kappa shape index (κ2) is 6.56. The fourth-order valence-corrected chi connectivity index (χ4v) is 4.43. The third-order valence-electron chi connectivity index (χ3n) is 6.09. The number of hydrogen-bond acceptors (Lipinski definition) is 1. The van der Waals surface area contributed by atoms with E-state index >= 15 is 0 Å². The number of carbonyl (C=O) groups is 1. The van der Waals surface area contributed by atoms with E-state index in [0.717, 1.165) is 33.4 Å². The van der Waals surface area contributed by atoms with Gasteiger partial charge in [0.1, 0.15) is 0 Å². The second-order valence-corrected chi connectivity index (χ2v) is 8.21. The van der Waals surface area contributed by atoms with Gasteiger partial charge in [-0.15, -0.1) is 0 Å². The fraction of sp³-hybridized carbons (Fsp3) is 0.107. The van der Waals surface area contributed by atoms with Crippen LogP contribution in [0.1, 0.15) is 40.9 Å². The Bertz CT molecular complexity index is 1120. The number of hydrogen-bond donors (Lipinski definition) is 0. The van der Waals surface area contributed by atoms with Crippen molar-refractivity contribution in [3.63, 3.8) is 0 Å². The van der Waals surface area contributed by atoms with E-state index in [2.05, 4.69) is 62.4 Å². The van der Waals surface area contributed by atoms with Crippen molar-refractivity contribution in [2.75, 3.05) is 0 Å². The quantitative estimate of drug-likeness (QED) is 0.373. The summed E-state index contributed by atoms with van der Waals surface area (Å²) in [6, 6.07) is 33.2. The third-order valence-corrected chi connectivity index (χ3v) is 6.09. The smallest absolute Gasteiger partial charge is 0.193 e. The minimum atomic E-state index is -0.256. The van der Waals surface area contributed by atoms with Gasteiger partial charge in [0.15, 0.2) is 5.78 Å². The topological polar surface area (TPSA) is 17.1 Å². The molecule has 0 N–H and O–H groups in total. The number of rotatable bonds is 2. The first kappa shape index (κ1) is 17.6. The average Bonchev–Trinajstić information content (AvgIpc) is 2.78. The van der Waals surface area contributed by atoms with Crippen molar-refractivity contribution in [3.05, 3.63) is 119 Å². The molecule has 0 aliphatic heterocycles. The molecule has 0 fully saturated rings. The monoisotopic (exact) mass is 374 g/mol. The van der Waals surface area contributed by atoms with E-state index in [-0.39, 0.29) is 11.2 Å². The standard InChI is InChI=1S/C28H22O/c1-28(2)25-17-21(19-9-5-3-6-10-19)13-15-23(25)27(29)24-16-14-22(18-26(24)28)20-11-7-4-8-12-20/h3-18H,1-2H3. The molecule has 140 valence electrons. The van der Waals surface area contributed by atoms with Crippen molar-refractivity contribution in [2.45, 2.75) is 19.3 Å². The minimum Gasteiger partial charge on any atom is -0.289 e. The number of ketones is 1. The molecule has 0 radical (unpaired) electrons. The second-order valence-electron chi connectivity index (χ2n) is 8.21. The molecule has 0 bridgehead atoms. The van der Waals surface area contributed by atoms with E-state index < -0.39 is 0 Å². The van der Waals surface area contributed by atoms with Crippen LogP contribution in [0.2, 0.25) is 0 Å². The summed E-state index contributed by atoms with van der Waals surface area (Å²) in [5.41, 5.74) is 8.20. The molecule has 0 heterocycles. The maximum atomic E-state index is 13.3. The molecule has 0 atom stereocenters. The van der Waals surface area contributed by atoms with Crippen molar-refractivity contribution < 1.29 is 4.79 Å². The van der Waals surface area contributed by atoms with E-state index in [4.69, 9.17) is 0 Å². The Labute approximate surface area is 171 Å². The van der Waals surface area contributed by atoms with Gasteiger partial charge in [0.2, 0.25) is 0 Å². The van der Waals surface area contributed by atoms with Crippen LogP contribution in [0.3, 0.4) is 0 Å². The van der Waals surface area contributed by atoms with E-state index in [1.165, 1.54) is 11.1 Å². The minimum absolute atomic E-state index is 0.119. The van der Waals surface area contributed by atoms with Crippen molar-refractivity contribution in [3.8, 4) is 22.3 Å². The SMILES string of the molecule is CC1(C)c2cc(-c3ccccc3)ccc2C(=O)c2ccc(-c3ccccc3)cc21. The summed E-state index contributed by atoms with van der Waals surface area (Å²) in [5.74, 6) is 0.119. The molecule has 0 saturated heterocycles. The van der Waals surface area contributed by atoms with Crippen LogP contribution >= 0.6 is 0 Å². The lowest BCUT2D eigenvalue weighted by Gasteiger charge is -2.35. The molecular weight excluding hydrogens is 352 g/mol. The Morgan fingerprint density at radius 1 is 0.517 bits per heavy atom. The molecule has 1 aliphatic rings. The highest BCUT2D eigenvalue weighted by Gasteiger charge is 2.37. The molecule has 29 heavy (non-hydrogen) atoms. The molecule has 0 saturated carbocycles. The molecule has 0 unspecified atom stereocenters. The van der Waals surface area contributed by atoms with Crippen LogP contribution in [0.4, 0.5) is 0 Å². The van der Waals surface area contributed by atoms with Gasteiger partial charge in [0.05, 0.1) is 0 Å². The number of benzene rings is 4. The molecule has 0 spiro atoms. The highest BCUT2D eigenvalue weighted by atomic mass is 16.1. The van der Waals surface area contributed by atoms with Crippen molar-refractivity contribution in [2.24, 2.45) is 0 Å². The first-order valence-electron chi connectivity index (χ1n) is 10.0. The third kappa shape index (κ3) is 2.82. The Morgan fingerprint density at radius 2 is 0.931 bits per heavy atom. The predicted molar refractivity (Wildman–Crippen MR) is 119 cm³/mol. The van der Waals surface area contributed by atoms with Crippen molar-refractivity contribution >= 4 is 5.78 Å². The van der Waals surface area contributed by atoms with Gasteiger partial charge in [-0.3, -0.25) is 4.79 Å². The lowest BCUT2D eigenvalue weighted by atomic mass is 9.67. The maximum Gasteiger partial charge on any atom is 0.193 e. The van der Waals surface area contributed by atoms with Crippen molar-refractivity contribution in [1.82, 2.24) is 0 Å². The van der Waals surface area contributed by atoms with E-state index in [1.807, 2.05) is 48.5 Å². The first-order chi connectivity index (χ1) is 14.1. The molecule has 4 aromatic rings. The van der Waals surface area contributed by atoms with E-state index in [0.29, 0.717) is 0 Å². The lowest BCUT2D eigenvalue weighted by Crippen LogP contribution is -2.30. The molecule has 4 aromatic carbocycles. The highest BCUT2D eigenvalue weighted by molar-refractivity contribution is 6.13. The van der Waals surface area contributed by atoms with Gasteiger partial charge >= 0.3 is 0 Å². The Hall–Kier alpha value is -3.45. The summed E-state index contributed by atoms with van der Waals surface area (Å²) in [6.07, 6.45) is 0. The molecule has 1 nitrogen and oxygen atoms in total. The van der Waals surface area contributed by atoms with Crippen LogP contribution in [-0.4, -0.2) is 5.78 Å². The maximum absolute atomic E-state index is 13.3. The summed E-state index contributed by atoms with van der Waals surface area (Å²) >= 11 is 0. The number of carbonyl (C=O) groups excluding carboxylic acids is 1. The molecule has 5 rings (SSSR count). The van der Waals surface area contributed by atoms with Crippen LogP contribution in [0.5, 0.6) is 0 Å². The van der Waals surface area contributed by atoms with Gasteiger partial charge in [-0.25, -0.2) is 0 Å². The van der Waals surface area contributed by atoms with Crippen LogP contribution in [0, 0.1) is 0 Å². The van der Waals surface area contributed by atoms with Crippen LogP contribution in [0.15, 0.2) is 97.1 Å². The van der Waals surface area contributed by atoms with Gasteiger partial charge < -0.3 is 0 Å². The van der Waals surface area contributed by atoms with Gasteiger partial charge in [-0.1, -0.05) is 98.8 Å². The van der Waals surface area contributed by atoms with Crippen LogP contribution in [0.25, 0.3) is 22.3 Å². The Morgan fingerprint density at radius 3 is 1.34 bits per heavy atom. The molecule has 1 heteroatoms. The van der Waals surface area contributed by atoms with Gasteiger partial charge in [-0.05, 0) is 45.5 Å². The summed E-state index contributed by atoms with van der Waals surface area (Å²) in [5, 5.41) is 0. The van der Waals surface area contributed by atoms with Crippen LogP contribution in [-0.2, 0) is 5.41 Å². The average molecular weight is 374 g/mol.